The lowest BCUT2D eigenvalue weighted by atomic mass is 10.1. The number of nitrogens with two attached hydrogens (primary N) is 1. The molecule has 3 rings (SSSR count). The molecular formula is C11H16N5O5P. The number of phosphoric acid groups is 1. The first-order chi connectivity index (χ1) is 10.3. The quantitative estimate of drug-likeness (QED) is 0.577. The molecule has 120 valence electrons. The highest BCUT2D eigenvalue weighted by Crippen LogP contribution is 2.41. The van der Waals surface area contributed by atoms with E-state index >= 15 is 0 Å². The van der Waals surface area contributed by atoms with E-state index in [4.69, 9.17) is 15.5 Å². The minimum absolute atomic E-state index is 0.00353. The van der Waals surface area contributed by atoms with Gasteiger partial charge >= 0.3 is 7.82 Å². The number of anilines is 1. The zero-order valence-electron chi connectivity index (χ0n) is 11.5. The van der Waals surface area contributed by atoms with E-state index in [1.54, 1.807) is 10.9 Å². The number of H-pyrrole nitrogens is 1. The number of aromatic amines is 1. The normalized spacial score (nSPS) is 22.5. The van der Waals surface area contributed by atoms with Crippen LogP contribution in [0.3, 0.4) is 0 Å². The number of phosphoric ester groups is 1. The number of imidazole rings is 1. The topological polar surface area (TPSA) is 156 Å². The van der Waals surface area contributed by atoms with Gasteiger partial charge in [-0.3, -0.25) is 14.3 Å². The van der Waals surface area contributed by atoms with Crippen LogP contribution in [0.4, 0.5) is 5.95 Å². The Bertz CT molecular complexity index is 796. The maximum absolute atomic E-state index is 11.7. The predicted octanol–water partition coefficient (Wildman–Crippen LogP) is 0.152. The zero-order chi connectivity index (χ0) is 15.9. The van der Waals surface area contributed by atoms with Gasteiger partial charge in [-0.15, -0.1) is 0 Å². The van der Waals surface area contributed by atoms with Gasteiger partial charge in [0.05, 0.1) is 12.9 Å². The number of nitrogens with one attached hydrogen (secondary N) is 1. The lowest BCUT2D eigenvalue weighted by molar-refractivity contribution is 0.167. The number of hydrogen-bond donors (Lipinski definition) is 4. The number of aromatic nitrogens is 4. The fourth-order valence-corrected chi connectivity index (χ4v) is 3.27. The van der Waals surface area contributed by atoms with Crippen LogP contribution in [0.2, 0.25) is 0 Å². The number of nitrogens with zero attached hydrogens (tertiary/aromatic N) is 3. The monoisotopic (exact) mass is 329 g/mol. The molecule has 1 fully saturated rings. The summed E-state index contributed by atoms with van der Waals surface area (Å²) in [5, 5.41) is 0. The molecule has 5 N–H and O–H groups in total. The minimum Gasteiger partial charge on any atom is -0.369 e. The third-order valence-corrected chi connectivity index (χ3v) is 4.32. The average molecular weight is 329 g/mol. The predicted molar refractivity (Wildman–Crippen MR) is 76.9 cm³/mol. The molecule has 2 heterocycles. The van der Waals surface area contributed by atoms with E-state index < -0.39 is 7.82 Å². The van der Waals surface area contributed by atoms with Crippen molar-refractivity contribution in [3.63, 3.8) is 0 Å². The van der Waals surface area contributed by atoms with Gasteiger partial charge in [0, 0.05) is 6.04 Å². The highest BCUT2D eigenvalue weighted by atomic mass is 31.2. The van der Waals surface area contributed by atoms with Gasteiger partial charge in [0.2, 0.25) is 5.95 Å². The molecule has 2 aromatic rings. The van der Waals surface area contributed by atoms with Crippen LogP contribution in [-0.4, -0.2) is 35.9 Å². The standard InChI is InChI=1S/C11H16N5O5P/c12-11-14-9-8(10(17)15-11)13-5-16(9)7-2-1-6(3-7)4-21-22(18,19)20/h5-7H,1-4H2,(H2,18,19,20)(H3,12,14,15,17)/t6-,7+/m1/s1. The molecule has 2 aromatic heterocycles. The van der Waals surface area contributed by atoms with Crippen LogP contribution in [0.25, 0.3) is 11.2 Å². The van der Waals surface area contributed by atoms with Crippen LogP contribution < -0.4 is 11.3 Å². The second-order valence-electron chi connectivity index (χ2n) is 5.39. The van der Waals surface area contributed by atoms with Crippen LogP contribution in [0.5, 0.6) is 0 Å². The van der Waals surface area contributed by atoms with E-state index in [2.05, 4.69) is 19.5 Å². The summed E-state index contributed by atoms with van der Waals surface area (Å²) in [5.74, 6) is 0.0630. The Balaban J connectivity index is 1.79. The van der Waals surface area contributed by atoms with Gasteiger partial charge in [-0.2, -0.15) is 4.98 Å². The second-order valence-corrected chi connectivity index (χ2v) is 6.63. The first-order valence-electron chi connectivity index (χ1n) is 6.76. The molecule has 0 spiro atoms. The number of nitrogen functional groups attached to an aromatic ring is 1. The largest absolute Gasteiger partial charge is 0.469 e. The van der Waals surface area contributed by atoms with Crippen LogP contribution in [-0.2, 0) is 9.09 Å². The Morgan fingerprint density at radius 1 is 1.50 bits per heavy atom. The first-order valence-corrected chi connectivity index (χ1v) is 8.29. The van der Waals surface area contributed by atoms with E-state index in [0.717, 1.165) is 12.8 Å². The van der Waals surface area contributed by atoms with Gasteiger partial charge in [-0.25, -0.2) is 9.55 Å². The van der Waals surface area contributed by atoms with Crippen LogP contribution in [0.1, 0.15) is 25.3 Å². The fraction of sp³-hybridized carbons (Fsp3) is 0.545. The van der Waals surface area contributed by atoms with Crippen molar-refractivity contribution in [3.8, 4) is 0 Å². The molecule has 22 heavy (non-hydrogen) atoms. The number of rotatable bonds is 4. The van der Waals surface area contributed by atoms with Gasteiger partial charge in [0.25, 0.3) is 5.56 Å². The molecule has 2 atom stereocenters. The van der Waals surface area contributed by atoms with Gasteiger partial charge in [-0.05, 0) is 25.2 Å². The molecule has 0 bridgehead atoms. The zero-order valence-corrected chi connectivity index (χ0v) is 12.4. The molecular weight excluding hydrogens is 313 g/mol. The van der Waals surface area contributed by atoms with E-state index in [-0.39, 0.29) is 35.6 Å². The van der Waals surface area contributed by atoms with E-state index in [1.165, 1.54) is 0 Å². The summed E-state index contributed by atoms with van der Waals surface area (Å²) in [6, 6.07) is 0.0454. The molecule has 0 aromatic carbocycles. The van der Waals surface area contributed by atoms with E-state index in [9.17, 15) is 9.36 Å². The Morgan fingerprint density at radius 3 is 3.00 bits per heavy atom. The van der Waals surface area contributed by atoms with Gasteiger partial charge in [0.1, 0.15) is 0 Å². The van der Waals surface area contributed by atoms with Crippen molar-refractivity contribution < 1.29 is 18.9 Å². The van der Waals surface area contributed by atoms with Crippen LogP contribution in [0.15, 0.2) is 11.1 Å². The SMILES string of the molecule is Nc1nc2c(ncn2[C@H]2CC[C@@H](COP(=O)(O)O)C2)c(=O)[nH]1. The van der Waals surface area contributed by atoms with Crippen molar-refractivity contribution in [1.82, 2.24) is 19.5 Å². The fourth-order valence-electron chi connectivity index (χ4n) is 2.87. The summed E-state index contributed by atoms with van der Waals surface area (Å²) in [5.41, 5.74) is 5.82. The average Bonchev–Trinajstić information content (AvgIpc) is 3.01. The third-order valence-electron chi connectivity index (χ3n) is 3.84. The van der Waals surface area contributed by atoms with Crippen molar-refractivity contribution in [2.45, 2.75) is 25.3 Å². The molecule has 1 aliphatic rings. The molecule has 1 saturated carbocycles. The van der Waals surface area contributed by atoms with E-state index in [0.29, 0.717) is 12.1 Å². The summed E-state index contributed by atoms with van der Waals surface area (Å²) < 4.78 is 17.1. The van der Waals surface area contributed by atoms with E-state index in [1.807, 2.05) is 0 Å². The summed E-state index contributed by atoms with van der Waals surface area (Å²) in [4.78, 5) is 39.8. The summed E-state index contributed by atoms with van der Waals surface area (Å²) in [6.07, 6.45) is 3.76. The lowest BCUT2D eigenvalue weighted by Crippen LogP contribution is -2.13. The highest BCUT2D eigenvalue weighted by molar-refractivity contribution is 7.46. The Kier molecular flexibility index (Phi) is 3.77. The molecule has 0 unspecified atom stereocenters. The Hall–Kier alpha value is -1.74. The lowest BCUT2D eigenvalue weighted by Gasteiger charge is -2.14. The molecule has 0 saturated heterocycles. The van der Waals surface area contributed by atoms with Crippen molar-refractivity contribution in [2.75, 3.05) is 12.3 Å². The second kappa shape index (κ2) is 5.47. The van der Waals surface area contributed by atoms with Gasteiger partial charge < -0.3 is 20.1 Å². The Morgan fingerprint density at radius 2 is 2.27 bits per heavy atom. The van der Waals surface area contributed by atoms with Crippen LogP contribution in [0, 0.1) is 5.92 Å². The highest BCUT2D eigenvalue weighted by Gasteiger charge is 2.29. The van der Waals surface area contributed by atoms with Crippen molar-refractivity contribution in [3.05, 3.63) is 16.7 Å². The summed E-state index contributed by atoms with van der Waals surface area (Å²) in [6.45, 7) is 0.00353. The maximum atomic E-state index is 11.7. The van der Waals surface area contributed by atoms with Crippen molar-refractivity contribution in [1.29, 1.82) is 0 Å². The molecule has 0 radical (unpaired) electrons. The maximum Gasteiger partial charge on any atom is 0.469 e. The van der Waals surface area contributed by atoms with Gasteiger partial charge in [-0.1, -0.05) is 0 Å². The molecule has 10 nitrogen and oxygen atoms in total. The molecule has 1 aliphatic carbocycles. The smallest absolute Gasteiger partial charge is 0.369 e. The van der Waals surface area contributed by atoms with Crippen LogP contribution >= 0.6 is 7.82 Å². The molecule has 0 aliphatic heterocycles. The number of fused-ring (bicyclic) bond motifs is 1. The Labute approximate surface area is 124 Å². The van der Waals surface area contributed by atoms with Crippen molar-refractivity contribution in [2.24, 2.45) is 5.92 Å². The number of hydrogen-bond acceptors (Lipinski definition) is 6. The third kappa shape index (κ3) is 3.05. The first kappa shape index (κ1) is 15.2. The molecule has 11 heteroatoms. The van der Waals surface area contributed by atoms with Gasteiger partial charge in [0.15, 0.2) is 11.2 Å². The molecule has 0 amide bonds. The minimum atomic E-state index is -4.44. The summed E-state index contributed by atoms with van der Waals surface area (Å²) >= 11 is 0. The summed E-state index contributed by atoms with van der Waals surface area (Å²) in [7, 11) is -4.44. The van der Waals surface area contributed by atoms with Crippen molar-refractivity contribution >= 4 is 24.9 Å².